The Bertz CT molecular complexity index is 918. The van der Waals surface area contributed by atoms with Crippen LogP contribution in [0.5, 0.6) is 5.75 Å². The summed E-state index contributed by atoms with van der Waals surface area (Å²) in [6.07, 6.45) is 0.802. The number of nitrogens with zero attached hydrogens (tertiary/aromatic N) is 1. The molecule has 7 nitrogen and oxygen atoms in total. The van der Waals surface area contributed by atoms with E-state index in [2.05, 4.69) is 20.6 Å². The van der Waals surface area contributed by atoms with E-state index in [1.54, 1.807) is 14.0 Å². The number of hydrogen-bond acceptors (Lipinski definition) is 4. The van der Waals surface area contributed by atoms with Crippen molar-refractivity contribution in [2.45, 2.75) is 25.8 Å². The number of H-pyrrole nitrogens is 1. The zero-order valence-corrected chi connectivity index (χ0v) is 15.3. The van der Waals surface area contributed by atoms with Gasteiger partial charge < -0.3 is 15.0 Å². The SMILES string of the molecule is COc1ccccc1CCC(=O)N[C@@H](C)C(=O)Nc1nc2ccccc2[nH]1. The lowest BCUT2D eigenvalue weighted by Crippen LogP contribution is -2.41. The molecule has 1 aromatic heterocycles. The Morgan fingerprint density at radius 2 is 1.89 bits per heavy atom. The van der Waals surface area contributed by atoms with Crippen LogP contribution in [0.4, 0.5) is 5.95 Å². The molecule has 7 heteroatoms. The van der Waals surface area contributed by atoms with Gasteiger partial charge in [-0.2, -0.15) is 0 Å². The number of nitrogens with one attached hydrogen (secondary N) is 3. The third-order valence-electron chi connectivity index (χ3n) is 4.22. The van der Waals surface area contributed by atoms with Gasteiger partial charge in [0.05, 0.1) is 18.1 Å². The summed E-state index contributed by atoms with van der Waals surface area (Å²) in [6.45, 7) is 1.64. The van der Waals surface area contributed by atoms with Crippen molar-refractivity contribution < 1.29 is 14.3 Å². The van der Waals surface area contributed by atoms with E-state index < -0.39 is 6.04 Å². The summed E-state index contributed by atoms with van der Waals surface area (Å²) in [7, 11) is 1.60. The molecule has 140 valence electrons. The Balaban J connectivity index is 1.52. The second kappa shape index (κ2) is 8.35. The number of anilines is 1. The number of hydrogen-bond donors (Lipinski definition) is 3. The van der Waals surface area contributed by atoms with Crippen molar-refractivity contribution in [1.29, 1.82) is 0 Å². The van der Waals surface area contributed by atoms with E-state index in [1.165, 1.54) is 0 Å². The van der Waals surface area contributed by atoms with Gasteiger partial charge in [-0.1, -0.05) is 30.3 Å². The molecular formula is C20H22N4O3. The lowest BCUT2D eigenvalue weighted by atomic mass is 10.1. The first kappa shape index (κ1) is 18.4. The molecule has 1 atom stereocenters. The van der Waals surface area contributed by atoms with Crippen LogP contribution >= 0.6 is 0 Å². The third-order valence-corrected chi connectivity index (χ3v) is 4.22. The van der Waals surface area contributed by atoms with Crippen molar-refractivity contribution >= 4 is 28.8 Å². The molecule has 1 heterocycles. The molecule has 0 spiro atoms. The number of aromatic nitrogens is 2. The number of amides is 2. The molecule has 0 unspecified atom stereocenters. The maximum Gasteiger partial charge on any atom is 0.248 e. The molecule has 0 aliphatic heterocycles. The molecule has 0 saturated heterocycles. The summed E-state index contributed by atoms with van der Waals surface area (Å²) in [6, 6.07) is 14.4. The summed E-state index contributed by atoms with van der Waals surface area (Å²) in [5.74, 6) is 0.574. The van der Waals surface area contributed by atoms with E-state index in [9.17, 15) is 9.59 Å². The molecule has 0 saturated carbocycles. The number of methoxy groups -OCH3 is 1. The number of imidazole rings is 1. The minimum atomic E-state index is -0.677. The van der Waals surface area contributed by atoms with Crippen molar-refractivity contribution in [1.82, 2.24) is 15.3 Å². The number of carbonyl (C=O) groups is 2. The van der Waals surface area contributed by atoms with Gasteiger partial charge in [-0.15, -0.1) is 0 Å². The highest BCUT2D eigenvalue weighted by atomic mass is 16.5. The van der Waals surface area contributed by atoms with Crippen LogP contribution in [0, 0.1) is 0 Å². The average Bonchev–Trinajstić information content (AvgIpc) is 3.08. The molecule has 0 aliphatic carbocycles. The van der Waals surface area contributed by atoms with Gasteiger partial charge in [-0.05, 0) is 37.1 Å². The zero-order chi connectivity index (χ0) is 19.2. The Kier molecular flexibility index (Phi) is 5.71. The summed E-state index contributed by atoms with van der Waals surface area (Å²) >= 11 is 0. The Labute approximate surface area is 157 Å². The van der Waals surface area contributed by atoms with Gasteiger partial charge in [0, 0.05) is 6.42 Å². The van der Waals surface area contributed by atoms with Gasteiger partial charge in [-0.3, -0.25) is 14.9 Å². The Morgan fingerprint density at radius 3 is 2.67 bits per heavy atom. The first-order valence-corrected chi connectivity index (χ1v) is 8.73. The third kappa shape index (κ3) is 4.63. The number of para-hydroxylation sites is 3. The quantitative estimate of drug-likeness (QED) is 0.599. The summed E-state index contributed by atoms with van der Waals surface area (Å²) in [5, 5.41) is 5.40. The number of rotatable bonds is 7. The van der Waals surface area contributed by atoms with E-state index in [1.807, 2.05) is 48.5 Å². The van der Waals surface area contributed by atoms with Gasteiger partial charge in [-0.25, -0.2) is 4.98 Å². The van der Waals surface area contributed by atoms with Gasteiger partial charge in [0.1, 0.15) is 11.8 Å². The lowest BCUT2D eigenvalue weighted by molar-refractivity contribution is -0.126. The molecule has 27 heavy (non-hydrogen) atoms. The van der Waals surface area contributed by atoms with Crippen molar-refractivity contribution in [3.05, 3.63) is 54.1 Å². The van der Waals surface area contributed by atoms with Crippen LogP contribution in [0.15, 0.2) is 48.5 Å². The topological polar surface area (TPSA) is 96.1 Å². The molecule has 0 radical (unpaired) electrons. The molecule has 3 rings (SSSR count). The summed E-state index contributed by atoms with van der Waals surface area (Å²) < 4.78 is 5.28. The second-order valence-electron chi connectivity index (χ2n) is 6.19. The molecule has 0 aliphatic rings. The van der Waals surface area contributed by atoms with Crippen molar-refractivity contribution in [2.24, 2.45) is 0 Å². The molecular weight excluding hydrogens is 344 g/mol. The largest absolute Gasteiger partial charge is 0.496 e. The molecule has 2 aromatic carbocycles. The number of aromatic amines is 1. The molecule has 3 aromatic rings. The first-order valence-electron chi connectivity index (χ1n) is 8.73. The fraction of sp³-hybridized carbons (Fsp3) is 0.250. The fourth-order valence-corrected chi connectivity index (χ4v) is 2.77. The van der Waals surface area contributed by atoms with Gasteiger partial charge in [0.25, 0.3) is 0 Å². The van der Waals surface area contributed by atoms with Crippen LogP contribution in [-0.4, -0.2) is 34.9 Å². The van der Waals surface area contributed by atoms with Crippen LogP contribution in [0.1, 0.15) is 18.9 Å². The predicted molar refractivity (Wildman–Crippen MR) is 104 cm³/mol. The number of carbonyl (C=O) groups excluding carboxylic acids is 2. The standard InChI is InChI=1S/C20H22N4O3/c1-13(19(26)24-20-22-15-8-4-5-9-16(15)23-20)21-18(25)12-11-14-7-3-6-10-17(14)27-2/h3-10,13H,11-12H2,1-2H3,(H,21,25)(H2,22,23,24,26)/t13-/m0/s1. The molecule has 3 N–H and O–H groups in total. The maximum absolute atomic E-state index is 12.3. The highest BCUT2D eigenvalue weighted by molar-refractivity contribution is 5.96. The van der Waals surface area contributed by atoms with E-state index >= 15 is 0 Å². The molecule has 2 amide bonds. The maximum atomic E-state index is 12.3. The fourth-order valence-electron chi connectivity index (χ4n) is 2.77. The van der Waals surface area contributed by atoms with Crippen LogP contribution < -0.4 is 15.4 Å². The normalized spacial score (nSPS) is 11.8. The Hall–Kier alpha value is -3.35. The second-order valence-corrected chi connectivity index (χ2v) is 6.19. The van der Waals surface area contributed by atoms with E-state index in [-0.39, 0.29) is 18.2 Å². The van der Waals surface area contributed by atoms with Crippen LogP contribution in [-0.2, 0) is 16.0 Å². The number of ether oxygens (including phenoxy) is 1. The van der Waals surface area contributed by atoms with E-state index in [0.29, 0.717) is 12.4 Å². The number of fused-ring (bicyclic) bond motifs is 1. The monoisotopic (exact) mass is 366 g/mol. The van der Waals surface area contributed by atoms with E-state index in [0.717, 1.165) is 22.3 Å². The average molecular weight is 366 g/mol. The minimum Gasteiger partial charge on any atom is -0.496 e. The van der Waals surface area contributed by atoms with Crippen molar-refractivity contribution in [3.63, 3.8) is 0 Å². The van der Waals surface area contributed by atoms with Crippen LogP contribution in [0.25, 0.3) is 11.0 Å². The van der Waals surface area contributed by atoms with Crippen molar-refractivity contribution in [2.75, 3.05) is 12.4 Å². The molecule has 0 fully saturated rings. The predicted octanol–water partition coefficient (Wildman–Crippen LogP) is 2.65. The van der Waals surface area contributed by atoms with Gasteiger partial charge in [0.2, 0.25) is 17.8 Å². The minimum absolute atomic E-state index is 0.201. The highest BCUT2D eigenvalue weighted by Crippen LogP contribution is 2.18. The lowest BCUT2D eigenvalue weighted by Gasteiger charge is -2.13. The summed E-state index contributed by atoms with van der Waals surface area (Å²) in [4.78, 5) is 31.8. The summed E-state index contributed by atoms with van der Waals surface area (Å²) in [5.41, 5.74) is 2.55. The van der Waals surface area contributed by atoms with Gasteiger partial charge >= 0.3 is 0 Å². The van der Waals surface area contributed by atoms with Crippen LogP contribution in [0.2, 0.25) is 0 Å². The van der Waals surface area contributed by atoms with Crippen LogP contribution in [0.3, 0.4) is 0 Å². The van der Waals surface area contributed by atoms with E-state index in [4.69, 9.17) is 4.74 Å². The Morgan fingerprint density at radius 1 is 1.15 bits per heavy atom. The number of aryl methyl sites for hydroxylation is 1. The highest BCUT2D eigenvalue weighted by Gasteiger charge is 2.17. The first-order chi connectivity index (χ1) is 13.1. The molecule has 0 bridgehead atoms. The van der Waals surface area contributed by atoms with Crippen molar-refractivity contribution in [3.8, 4) is 5.75 Å². The smallest absolute Gasteiger partial charge is 0.248 e. The van der Waals surface area contributed by atoms with Gasteiger partial charge in [0.15, 0.2) is 0 Å². The number of benzene rings is 2. The zero-order valence-electron chi connectivity index (χ0n) is 15.3.